The number of hydrogen-bond donors (Lipinski definition) is 1. The molecular weight excluding hydrogens is 226 g/mol. The summed E-state index contributed by atoms with van der Waals surface area (Å²) in [7, 11) is 0. The summed E-state index contributed by atoms with van der Waals surface area (Å²) in [5, 5.41) is 8.77. The van der Waals surface area contributed by atoms with Crippen LogP contribution in [-0.2, 0) is 6.54 Å². The number of rotatable bonds is 1. The first-order valence-electron chi connectivity index (χ1n) is 3.45. The van der Waals surface area contributed by atoms with E-state index in [0.29, 0.717) is 23.5 Å². The fraction of sp³-hybridized carbons (Fsp3) is 0.286. The maximum Gasteiger partial charge on any atom is 0.352 e. The Morgan fingerprint density at radius 3 is 3.17 bits per heavy atom. The third kappa shape index (κ3) is 0.929. The molecule has 0 radical (unpaired) electrons. The van der Waals surface area contributed by atoms with Crippen LogP contribution in [0.15, 0.2) is 10.5 Å². The summed E-state index contributed by atoms with van der Waals surface area (Å²) in [6.07, 6.45) is 0. The van der Waals surface area contributed by atoms with E-state index >= 15 is 0 Å². The van der Waals surface area contributed by atoms with E-state index in [1.165, 1.54) is 0 Å². The maximum atomic E-state index is 10.7. The monoisotopic (exact) mass is 231 g/mol. The minimum absolute atomic E-state index is 0.273. The van der Waals surface area contributed by atoms with Crippen molar-refractivity contribution < 1.29 is 14.6 Å². The Morgan fingerprint density at radius 2 is 2.50 bits per heavy atom. The molecule has 2 heterocycles. The third-order valence-electron chi connectivity index (χ3n) is 1.78. The van der Waals surface area contributed by atoms with Gasteiger partial charge in [-0.1, -0.05) is 0 Å². The molecule has 12 heavy (non-hydrogen) atoms. The Hall–Kier alpha value is -0.970. The summed E-state index contributed by atoms with van der Waals surface area (Å²) in [6.45, 7) is 1.16. The predicted octanol–water partition coefficient (Wildman–Crippen LogP) is 1.34. The summed E-state index contributed by atoms with van der Waals surface area (Å²) in [5.74, 6) is -0.306. The van der Waals surface area contributed by atoms with Gasteiger partial charge in [-0.05, 0) is 22.0 Å². The van der Waals surface area contributed by atoms with Gasteiger partial charge in [0.25, 0.3) is 0 Å². The molecule has 0 amide bonds. The molecule has 64 valence electrons. The molecule has 1 N–H and O–H groups in total. The number of ether oxygens (including phenoxy) is 1. The Bertz CT molecular complexity index is 345. The number of carbonyl (C=O) groups is 1. The van der Waals surface area contributed by atoms with Gasteiger partial charge in [-0.3, -0.25) is 0 Å². The zero-order valence-electron chi connectivity index (χ0n) is 6.08. The molecule has 0 bridgehead atoms. The Kier molecular flexibility index (Phi) is 1.61. The second kappa shape index (κ2) is 2.52. The second-order valence-electron chi connectivity index (χ2n) is 2.49. The number of aromatic carboxylic acids is 1. The van der Waals surface area contributed by atoms with E-state index < -0.39 is 5.97 Å². The average molecular weight is 232 g/mol. The molecule has 1 aromatic rings. The molecular formula is C7H6BrNO3. The fourth-order valence-electron chi connectivity index (χ4n) is 1.28. The number of fused-ring (bicyclic) bond motifs is 1. The van der Waals surface area contributed by atoms with Crippen LogP contribution in [0.2, 0.25) is 0 Å². The summed E-state index contributed by atoms with van der Waals surface area (Å²) in [5.41, 5.74) is 0.273. The highest BCUT2D eigenvalue weighted by Crippen LogP contribution is 2.32. The standard InChI is InChI=1S/C7H6BrNO3/c8-4-3-5(7(10)11)9-1-2-12-6(4)9/h3H,1-2H2,(H,10,11). The van der Waals surface area contributed by atoms with Gasteiger partial charge in [-0.2, -0.15) is 0 Å². The van der Waals surface area contributed by atoms with Crippen molar-refractivity contribution in [3.63, 3.8) is 0 Å². The van der Waals surface area contributed by atoms with Crippen molar-refractivity contribution in [2.75, 3.05) is 6.61 Å². The normalized spacial score (nSPS) is 14.1. The van der Waals surface area contributed by atoms with Crippen molar-refractivity contribution in [2.24, 2.45) is 0 Å². The molecule has 1 aliphatic rings. The van der Waals surface area contributed by atoms with Crippen LogP contribution >= 0.6 is 15.9 Å². The van der Waals surface area contributed by atoms with Gasteiger partial charge in [0, 0.05) is 0 Å². The highest BCUT2D eigenvalue weighted by molar-refractivity contribution is 9.10. The van der Waals surface area contributed by atoms with Gasteiger partial charge in [-0.25, -0.2) is 4.79 Å². The van der Waals surface area contributed by atoms with Gasteiger partial charge in [0.15, 0.2) is 0 Å². The maximum absolute atomic E-state index is 10.7. The number of aromatic nitrogens is 1. The van der Waals surface area contributed by atoms with Gasteiger partial charge < -0.3 is 14.4 Å². The summed E-state index contributed by atoms with van der Waals surface area (Å²) < 4.78 is 7.56. The van der Waals surface area contributed by atoms with Crippen LogP contribution < -0.4 is 4.74 Å². The Labute approximate surface area is 76.9 Å². The van der Waals surface area contributed by atoms with Gasteiger partial charge in [0.05, 0.1) is 11.0 Å². The van der Waals surface area contributed by atoms with Crippen molar-refractivity contribution in [2.45, 2.75) is 6.54 Å². The van der Waals surface area contributed by atoms with Crippen LogP contribution in [0.25, 0.3) is 0 Å². The molecule has 0 saturated heterocycles. The quantitative estimate of drug-likeness (QED) is 0.794. The summed E-state index contributed by atoms with van der Waals surface area (Å²) >= 11 is 3.23. The number of nitrogens with zero attached hydrogens (tertiary/aromatic N) is 1. The van der Waals surface area contributed by atoms with Gasteiger partial charge in [0.1, 0.15) is 12.3 Å². The van der Waals surface area contributed by atoms with Crippen LogP contribution in [0.5, 0.6) is 5.88 Å². The summed E-state index contributed by atoms with van der Waals surface area (Å²) in [6, 6.07) is 1.55. The first-order chi connectivity index (χ1) is 5.70. The van der Waals surface area contributed by atoms with Crippen LogP contribution in [0.1, 0.15) is 10.5 Å². The first-order valence-corrected chi connectivity index (χ1v) is 4.24. The van der Waals surface area contributed by atoms with E-state index in [1.807, 2.05) is 0 Å². The van der Waals surface area contributed by atoms with E-state index in [2.05, 4.69) is 15.9 Å². The van der Waals surface area contributed by atoms with Crippen LogP contribution in [-0.4, -0.2) is 22.2 Å². The Balaban J connectivity index is 2.58. The molecule has 4 nitrogen and oxygen atoms in total. The highest BCUT2D eigenvalue weighted by atomic mass is 79.9. The number of carboxylic acid groups (broad SMARTS) is 1. The van der Waals surface area contributed by atoms with E-state index in [4.69, 9.17) is 9.84 Å². The largest absolute Gasteiger partial charge is 0.477 e. The summed E-state index contributed by atoms with van der Waals surface area (Å²) in [4.78, 5) is 10.7. The topological polar surface area (TPSA) is 51.5 Å². The third-order valence-corrected chi connectivity index (χ3v) is 2.34. The SMILES string of the molecule is O=C(O)c1cc(Br)c2n1CCO2. The van der Waals surface area contributed by atoms with Gasteiger partial charge in [-0.15, -0.1) is 0 Å². The van der Waals surface area contributed by atoms with Crippen molar-refractivity contribution in [3.05, 3.63) is 16.2 Å². The van der Waals surface area contributed by atoms with Crippen molar-refractivity contribution >= 4 is 21.9 Å². The van der Waals surface area contributed by atoms with Crippen molar-refractivity contribution in [1.82, 2.24) is 4.57 Å². The predicted molar refractivity (Wildman–Crippen MR) is 44.6 cm³/mol. The van der Waals surface area contributed by atoms with Crippen molar-refractivity contribution in [1.29, 1.82) is 0 Å². The van der Waals surface area contributed by atoms with Crippen molar-refractivity contribution in [3.8, 4) is 5.88 Å². The minimum Gasteiger partial charge on any atom is -0.477 e. The molecule has 2 rings (SSSR count). The van der Waals surface area contributed by atoms with Crippen LogP contribution in [0, 0.1) is 0 Å². The molecule has 0 atom stereocenters. The number of halogens is 1. The smallest absolute Gasteiger partial charge is 0.352 e. The first kappa shape index (κ1) is 7.67. The molecule has 0 spiro atoms. The van der Waals surface area contributed by atoms with E-state index in [9.17, 15) is 4.79 Å². The van der Waals surface area contributed by atoms with Gasteiger partial charge >= 0.3 is 5.97 Å². The number of carboxylic acids is 1. The Morgan fingerprint density at radius 1 is 1.75 bits per heavy atom. The molecule has 0 fully saturated rings. The highest BCUT2D eigenvalue weighted by Gasteiger charge is 2.23. The average Bonchev–Trinajstić information content (AvgIpc) is 2.53. The van der Waals surface area contributed by atoms with E-state index in [0.717, 1.165) is 0 Å². The lowest BCUT2D eigenvalue weighted by Gasteiger charge is -1.96. The lowest BCUT2D eigenvalue weighted by atomic mass is 10.4. The minimum atomic E-state index is -0.924. The lowest BCUT2D eigenvalue weighted by molar-refractivity contribution is 0.0686. The number of hydrogen-bond acceptors (Lipinski definition) is 2. The van der Waals surface area contributed by atoms with E-state index in [-0.39, 0.29) is 5.69 Å². The molecule has 1 aliphatic heterocycles. The molecule has 5 heteroatoms. The lowest BCUT2D eigenvalue weighted by Crippen LogP contribution is -2.05. The zero-order valence-corrected chi connectivity index (χ0v) is 7.67. The molecule has 1 aromatic heterocycles. The molecule has 0 saturated carbocycles. The fourth-order valence-corrected chi connectivity index (χ4v) is 1.82. The van der Waals surface area contributed by atoms with E-state index in [1.54, 1.807) is 10.6 Å². The molecule has 0 unspecified atom stereocenters. The second-order valence-corrected chi connectivity index (χ2v) is 3.34. The van der Waals surface area contributed by atoms with Gasteiger partial charge in [0.2, 0.25) is 5.88 Å². The van der Waals surface area contributed by atoms with Crippen LogP contribution in [0.3, 0.4) is 0 Å². The zero-order chi connectivity index (χ0) is 8.72. The molecule has 0 aromatic carbocycles. The van der Waals surface area contributed by atoms with Crippen LogP contribution in [0.4, 0.5) is 0 Å². The molecule has 0 aliphatic carbocycles.